The number of nitrogens with one attached hydrogen (secondary N) is 2. The normalized spacial score (nSPS) is 25.1. The zero-order valence-electron chi connectivity index (χ0n) is 8.57. The summed E-state index contributed by atoms with van der Waals surface area (Å²) >= 11 is 0. The summed E-state index contributed by atoms with van der Waals surface area (Å²) in [5.74, 6) is 0.825. The van der Waals surface area contributed by atoms with Gasteiger partial charge in [0.25, 0.3) is 0 Å². The molecule has 15 heavy (non-hydrogen) atoms. The highest BCUT2D eigenvalue weighted by Gasteiger charge is 2.27. The van der Waals surface area contributed by atoms with E-state index in [1.165, 1.54) is 0 Å². The molecule has 1 heterocycles. The maximum Gasteiger partial charge on any atom is 0.126 e. The molecule has 1 fully saturated rings. The molecule has 1 aromatic carbocycles. The van der Waals surface area contributed by atoms with Crippen LogP contribution >= 0.6 is 0 Å². The molecule has 1 aromatic rings. The third-order valence-corrected chi connectivity index (χ3v) is 2.67. The van der Waals surface area contributed by atoms with Crippen LogP contribution in [0.25, 0.3) is 0 Å². The van der Waals surface area contributed by atoms with Crippen LogP contribution in [0, 0.1) is 5.92 Å². The standard InChI is InChI=1S/C11H14N2O2/c1-15-10-4-2-8(3-5-10)11-9(7-14)6-12-13-11/h2-5,7,9,11-13H,6H2,1H3. The van der Waals surface area contributed by atoms with E-state index in [4.69, 9.17) is 4.74 Å². The van der Waals surface area contributed by atoms with Gasteiger partial charge in [0.05, 0.1) is 13.2 Å². The van der Waals surface area contributed by atoms with E-state index in [1.807, 2.05) is 24.3 Å². The van der Waals surface area contributed by atoms with Gasteiger partial charge in [-0.1, -0.05) is 12.1 Å². The van der Waals surface area contributed by atoms with E-state index < -0.39 is 0 Å². The highest BCUT2D eigenvalue weighted by atomic mass is 16.5. The average Bonchev–Trinajstić information content (AvgIpc) is 2.77. The number of carbonyl (C=O) groups excluding carboxylic acids is 1. The zero-order valence-corrected chi connectivity index (χ0v) is 8.57. The largest absolute Gasteiger partial charge is 0.497 e. The fourth-order valence-electron chi connectivity index (χ4n) is 1.78. The fraction of sp³-hybridized carbons (Fsp3) is 0.364. The third kappa shape index (κ3) is 2.00. The molecule has 80 valence electrons. The summed E-state index contributed by atoms with van der Waals surface area (Å²) in [5, 5.41) is 0. The van der Waals surface area contributed by atoms with Gasteiger partial charge < -0.3 is 9.53 Å². The lowest BCUT2D eigenvalue weighted by Crippen LogP contribution is -2.25. The number of hydrogen-bond acceptors (Lipinski definition) is 4. The van der Waals surface area contributed by atoms with Gasteiger partial charge in [0.2, 0.25) is 0 Å². The topological polar surface area (TPSA) is 50.4 Å². The monoisotopic (exact) mass is 206 g/mol. The Morgan fingerprint density at radius 1 is 1.40 bits per heavy atom. The number of carbonyl (C=O) groups is 1. The molecule has 4 nitrogen and oxygen atoms in total. The third-order valence-electron chi connectivity index (χ3n) is 2.67. The number of benzene rings is 1. The molecule has 2 N–H and O–H groups in total. The smallest absolute Gasteiger partial charge is 0.126 e. The molecular weight excluding hydrogens is 192 g/mol. The average molecular weight is 206 g/mol. The van der Waals surface area contributed by atoms with Gasteiger partial charge in [-0.15, -0.1) is 0 Å². The minimum absolute atomic E-state index is 0.00149. The van der Waals surface area contributed by atoms with Crippen molar-refractivity contribution in [2.45, 2.75) is 6.04 Å². The molecule has 0 saturated carbocycles. The molecule has 1 aliphatic heterocycles. The van der Waals surface area contributed by atoms with Gasteiger partial charge in [-0.3, -0.25) is 5.43 Å². The molecule has 0 radical (unpaired) electrons. The molecule has 2 atom stereocenters. The van der Waals surface area contributed by atoms with Crippen LogP contribution in [-0.2, 0) is 4.79 Å². The predicted molar refractivity (Wildman–Crippen MR) is 56.4 cm³/mol. The Balaban J connectivity index is 2.17. The second kappa shape index (κ2) is 4.42. The first kappa shape index (κ1) is 10.1. The van der Waals surface area contributed by atoms with Crippen LogP contribution < -0.4 is 15.6 Å². The van der Waals surface area contributed by atoms with Crippen LogP contribution in [0.5, 0.6) is 5.75 Å². The van der Waals surface area contributed by atoms with Crippen LogP contribution in [0.2, 0.25) is 0 Å². The van der Waals surface area contributed by atoms with Gasteiger partial charge in [-0.05, 0) is 17.7 Å². The molecule has 0 spiro atoms. The number of methoxy groups -OCH3 is 1. The highest BCUT2D eigenvalue weighted by Crippen LogP contribution is 2.24. The van der Waals surface area contributed by atoms with Gasteiger partial charge in [-0.2, -0.15) is 0 Å². The van der Waals surface area contributed by atoms with Gasteiger partial charge in [-0.25, -0.2) is 5.43 Å². The van der Waals surface area contributed by atoms with Crippen molar-refractivity contribution in [1.82, 2.24) is 10.9 Å². The second-order valence-corrected chi connectivity index (χ2v) is 3.58. The lowest BCUT2D eigenvalue weighted by atomic mass is 9.96. The Bertz CT molecular complexity index is 337. The van der Waals surface area contributed by atoms with Gasteiger partial charge in [0.1, 0.15) is 12.0 Å². The number of rotatable bonds is 3. The molecule has 2 unspecified atom stereocenters. The Morgan fingerprint density at radius 2 is 2.13 bits per heavy atom. The Kier molecular flexibility index (Phi) is 2.99. The van der Waals surface area contributed by atoms with Crippen LogP contribution in [0.1, 0.15) is 11.6 Å². The van der Waals surface area contributed by atoms with E-state index in [9.17, 15) is 4.79 Å². The zero-order chi connectivity index (χ0) is 10.7. The van der Waals surface area contributed by atoms with Crippen molar-refractivity contribution in [3.63, 3.8) is 0 Å². The van der Waals surface area contributed by atoms with Crippen LogP contribution in [-0.4, -0.2) is 19.9 Å². The van der Waals surface area contributed by atoms with Crippen LogP contribution in [0.3, 0.4) is 0 Å². The lowest BCUT2D eigenvalue weighted by Gasteiger charge is -2.14. The Labute approximate surface area is 88.6 Å². The molecule has 0 amide bonds. The first-order chi connectivity index (χ1) is 7.35. The lowest BCUT2D eigenvalue weighted by molar-refractivity contribution is -0.111. The Hall–Kier alpha value is -1.39. The first-order valence-corrected chi connectivity index (χ1v) is 4.93. The molecule has 0 aromatic heterocycles. The van der Waals surface area contributed by atoms with Crippen molar-refractivity contribution in [3.05, 3.63) is 29.8 Å². The van der Waals surface area contributed by atoms with Gasteiger partial charge in [0, 0.05) is 12.5 Å². The SMILES string of the molecule is COc1ccc(C2NNCC2C=O)cc1. The first-order valence-electron chi connectivity index (χ1n) is 4.93. The summed E-state index contributed by atoms with van der Waals surface area (Å²) in [4.78, 5) is 10.8. The molecule has 1 aliphatic rings. The molecule has 0 aliphatic carbocycles. The van der Waals surface area contributed by atoms with Gasteiger partial charge >= 0.3 is 0 Å². The quantitative estimate of drug-likeness (QED) is 0.713. The van der Waals surface area contributed by atoms with Crippen molar-refractivity contribution in [2.75, 3.05) is 13.7 Å². The molecular formula is C11H14N2O2. The minimum Gasteiger partial charge on any atom is -0.497 e. The van der Waals surface area contributed by atoms with E-state index in [0.717, 1.165) is 17.6 Å². The van der Waals surface area contributed by atoms with E-state index in [1.54, 1.807) is 7.11 Å². The summed E-state index contributed by atoms with van der Waals surface area (Å²) in [7, 11) is 1.64. The van der Waals surface area contributed by atoms with E-state index in [-0.39, 0.29) is 12.0 Å². The number of hydrazine groups is 1. The highest BCUT2D eigenvalue weighted by molar-refractivity contribution is 5.57. The van der Waals surface area contributed by atoms with E-state index >= 15 is 0 Å². The van der Waals surface area contributed by atoms with Crippen molar-refractivity contribution in [3.8, 4) is 5.75 Å². The van der Waals surface area contributed by atoms with Crippen molar-refractivity contribution >= 4 is 6.29 Å². The second-order valence-electron chi connectivity index (χ2n) is 3.58. The van der Waals surface area contributed by atoms with E-state index in [2.05, 4.69) is 10.9 Å². The molecule has 4 heteroatoms. The Morgan fingerprint density at radius 3 is 2.73 bits per heavy atom. The van der Waals surface area contributed by atoms with Crippen molar-refractivity contribution in [1.29, 1.82) is 0 Å². The van der Waals surface area contributed by atoms with Crippen LogP contribution in [0.15, 0.2) is 24.3 Å². The summed E-state index contributed by atoms with van der Waals surface area (Å²) in [6.45, 7) is 0.681. The van der Waals surface area contributed by atoms with Crippen molar-refractivity contribution < 1.29 is 9.53 Å². The van der Waals surface area contributed by atoms with Crippen LogP contribution in [0.4, 0.5) is 0 Å². The van der Waals surface area contributed by atoms with E-state index in [0.29, 0.717) is 6.54 Å². The predicted octanol–water partition coefficient (Wildman–Crippen LogP) is 0.659. The number of ether oxygens (including phenoxy) is 1. The summed E-state index contributed by atoms with van der Waals surface area (Å²) in [5.41, 5.74) is 7.17. The maximum absolute atomic E-state index is 10.8. The molecule has 2 rings (SSSR count). The fourth-order valence-corrected chi connectivity index (χ4v) is 1.78. The summed E-state index contributed by atoms with van der Waals surface area (Å²) in [6, 6.07) is 7.81. The van der Waals surface area contributed by atoms with Crippen molar-refractivity contribution in [2.24, 2.45) is 5.92 Å². The minimum atomic E-state index is -0.00149. The maximum atomic E-state index is 10.8. The summed E-state index contributed by atoms with van der Waals surface area (Å²) in [6.07, 6.45) is 0.988. The van der Waals surface area contributed by atoms with Gasteiger partial charge in [0.15, 0.2) is 0 Å². The number of hydrogen-bond donors (Lipinski definition) is 2. The molecule has 0 bridgehead atoms. The summed E-state index contributed by atoms with van der Waals surface area (Å²) < 4.78 is 5.08. The molecule has 1 saturated heterocycles. The number of aldehydes is 1.